The lowest BCUT2D eigenvalue weighted by molar-refractivity contribution is -0.137. The molecule has 0 fully saturated rings. The van der Waals surface area contributed by atoms with Crippen molar-refractivity contribution < 1.29 is 18.0 Å². The molecule has 15 heavy (non-hydrogen) atoms. The van der Waals surface area contributed by atoms with E-state index in [4.69, 9.17) is 17.3 Å². The topological polar surface area (TPSA) is 43.1 Å². The summed E-state index contributed by atoms with van der Waals surface area (Å²) in [5, 5.41) is -1.00. The van der Waals surface area contributed by atoms with Gasteiger partial charge < -0.3 is 5.73 Å². The first-order chi connectivity index (χ1) is 6.73. The van der Waals surface area contributed by atoms with Gasteiger partial charge in [-0.25, -0.2) is 0 Å². The summed E-state index contributed by atoms with van der Waals surface area (Å²) in [6, 6.07) is 1.38. The van der Waals surface area contributed by atoms with Crippen molar-refractivity contribution in [2.45, 2.75) is 6.18 Å². The van der Waals surface area contributed by atoms with Crippen molar-refractivity contribution in [1.82, 2.24) is 0 Å². The zero-order valence-electron chi connectivity index (χ0n) is 7.03. The minimum Gasteiger partial charge on any atom is -0.398 e. The van der Waals surface area contributed by atoms with Gasteiger partial charge in [-0.05, 0) is 39.7 Å². The van der Waals surface area contributed by atoms with E-state index in [1.807, 2.05) is 0 Å². The monoisotopic (exact) mass is 301 g/mol. The molecule has 7 heteroatoms. The van der Waals surface area contributed by atoms with Crippen molar-refractivity contribution in [1.29, 1.82) is 0 Å². The number of hydrogen-bond donors (Lipinski definition) is 1. The molecular formula is C8H4BrClF3NO. The number of carbonyl (C=O) groups is 1. The van der Waals surface area contributed by atoms with Crippen LogP contribution in [0.15, 0.2) is 16.6 Å². The van der Waals surface area contributed by atoms with Crippen LogP contribution >= 0.6 is 27.5 Å². The van der Waals surface area contributed by atoms with E-state index in [0.29, 0.717) is 6.07 Å². The predicted octanol–water partition coefficient (Wildman–Crippen LogP) is 3.43. The maximum absolute atomic E-state index is 12.3. The van der Waals surface area contributed by atoms with E-state index < -0.39 is 17.0 Å². The van der Waals surface area contributed by atoms with E-state index in [2.05, 4.69) is 15.9 Å². The van der Waals surface area contributed by atoms with Crippen molar-refractivity contribution in [3.63, 3.8) is 0 Å². The minimum absolute atomic E-state index is 0.0653. The first-order valence-electron chi connectivity index (χ1n) is 3.59. The molecule has 0 aliphatic rings. The second-order valence-electron chi connectivity index (χ2n) is 2.70. The van der Waals surface area contributed by atoms with Crippen LogP contribution in [0.3, 0.4) is 0 Å². The van der Waals surface area contributed by atoms with Crippen LogP contribution in [0, 0.1) is 0 Å². The molecule has 0 aromatic heterocycles. The van der Waals surface area contributed by atoms with Crippen molar-refractivity contribution in [2.24, 2.45) is 0 Å². The smallest absolute Gasteiger partial charge is 0.398 e. The molecule has 1 aromatic rings. The average molecular weight is 302 g/mol. The van der Waals surface area contributed by atoms with Crippen LogP contribution in [0.4, 0.5) is 18.9 Å². The van der Waals surface area contributed by atoms with Crippen LogP contribution in [0.5, 0.6) is 0 Å². The Balaban J connectivity index is 3.43. The molecule has 0 radical (unpaired) electrons. The highest BCUT2D eigenvalue weighted by atomic mass is 79.9. The summed E-state index contributed by atoms with van der Waals surface area (Å²) >= 11 is 7.99. The molecule has 0 spiro atoms. The number of halogens is 5. The summed E-state index contributed by atoms with van der Waals surface area (Å²) in [7, 11) is 0. The largest absolute Gasteiger partial charge is 0.416 e. The van der Waals surface area contributed by atoms with Gasteiger partial charge in [0, 0.05) is 5.69 Å². The van der Waals surface area contributed by atoms with Crippen LogP contribution < -0.4 is 5.73 Å². The van der Waals surface area contributed by atoms with Gasteiger partial charge in [-0.15, -0.1) is 0 Å². The summed E-state index contributed by atoms with van der Waals surface area (Å²) in [5.41, 5.74) is 3.80. The van der Waals surface area contributed by atoms with E-state index in [0.717, 1.165) is 6.07 Å². The zero-order chi connectivity index (χ0) is 11.8. The number of hydrogen-bond acceptors (Lipinski definition) is 2. The maximum atomic E-state index is 12.3. The third-order valence-corrected chi connectivity index (χ3v) is 2.73. The Morgan fingerprint density at radius 2 is 1.93 bits per heavy atom. The molecule has 0 saturated carbocycles. The van der Waals surface area contributed by atoms with Crippen LogP contribution in [-0.4, -0.2) is 5.24 Å². The van der Waals surface area contributed by atoms with Gasteiger partial charge >= 0.3 is 6.18 Å². The molecule has 1 aromatic carbocycles. The lowest BCUT2D eigenvalue weighted by Gasteiger charge is -2.10. The van der Waals surface area contributed by atoms with E-state index >= 15 is 0 Å². The lowest BCUT2D eigenvalue weighted by Crippen LogP contribution is -2.08. The van der Waals surface area contributed by atoms with Crippen LogP contribution in [-0.2, 0) is 6.18 Å². The number of alkyl halides is 3. The first kappa shape index (κ1) is 12.3. The molecule has 0 atom stereocenters. The van der Waals surface area contributed by atoms with Crippen molar-refractivity contribution >= 4 is 38.5 Å². The van der Waals surface area contributed by atoms with Crippen LogP contribution in [0.25, 0.3) is 0 Å². The number of benzene rings is 1. The standard InChI is InChI=1S/C8H4BrClF3NO/c9-6-4(7(10)15)1-3(2-5(6)14)8(11,12)13/h1-2H,14H2. The Hall–Kier alpha value is -0.750. The van der Waals surface area contributed by atoms with E-state index in [-0.39, 0.29) is 15.7 Å². The minimum atomic E-state index is -4.56. The van der Waals surface area contributed by atoms with E-state index in [9.17, 15) is 18.0 Å². The zero-order valence-corrected chi connectivity index (χ0v) is 9.37. The Labute approximate surface area is 96.3 Å². The van der Waals surface area contributed by atoms with Gasteiger partial charge in [0.25, 0.3) is 5.24 Å². The second-order valence-corrected chi connectivity index (χ2v) is 3.83. The number of nitrogens with two attached hydrogens (primary N) is 1. The first-order valence-corrected chi connectivity index (χ1v) is 4.76. The molecule has 0 aliphatic heterocycles. The molecule has 2 nitrogen and oxygen atoms in total. The quantitative estimate of drug-likeness (QED) is 0.638. The average Bonchev–Trinajstić information content (AvgIpc) is 2.06. The molecule has 0 amide bonds. The van der Waals surface area contributed by atoms with Crippen LogP contribution in [0.1, 0.15) is 15.9 Å². The SMILES string of the molecule is Nc1cc(C(F)(F)F)cc(C(=O)Cl)c1Br. The normalized spacial score (nSPS) is 11.5. The molecule has 1 rings (SSSR count). The second kappa shape index (κ2) is 4.02. The molecular weight excluding hydrogens is 298 g/mol. The Kier molecular flexibility index (Phi) is 3.30. The Morgan fingerprint density at radius 1 is 1.40 bits per heavy atom. The van der Waals surface area contributed by atoms with Gasteiger partial charge in [0.1, 0.15) is 0 Å². The van der Waals surface area contributed by atoms with Gasteiger partial charge in [-0.2, -0.15) is 13.2 Å². The summed E-state index contributed by atoms with van der Waals surface area (Å²) in [4.78, 5) is 10.8. The number of nitrogen functional groups attached to an aromatic ring is 1. The highest BCUT2D eigenvalue weighted by Crippen LogP contribution is 2.35. The van der Waals surface area contributed by atoms with Gasteiger partial charge in [0.2, 0.25) is 0 Å². The molecule has 0 saturated heterocycles. The van der Waals surface area contributed by atoms with Crippen molar-refractivity contribution in [2.75, 3.05) is 5.73 Å². The van der Waals surface area contributed by atoms with Crippen LogP contribution in [0.2, 0.25) is 0 Å². The van der Waals surface area contributed by atoms with Gasteiger partial charge in [-0.1, -0.05) is 0 Å². The lowest BCUT2D eigenvalue weighted by atomic mass is 10.1. The molecule has 0 bridgehead atoms. The third-order valence-electron chi connectivity index (χ3n) is 1.64. The fourth-order valence-electron chi connectivity index (χ4n) is 0.954. The summed E-state index contributed by atoms with van der Waals surface area (Å²) in [6.07, 6.45) is -4.56. The molecule has 0 heterocycles. The number of carbonyl (C=O) groups excluding carboxylic acids is 1. The summed E-state index contributed by atoms with van der Waals surface area (Å²) in [5.74, 6) is 0. The Bertz CT molecular complexity index is 419. The predicted molar refractivity (Wildman–Crippen MR) is 53.7 cm³/mol. The highest BCUT2D eigenvalue weighted by molar-refractivity contribution is 9.10. The fraction of sp³-hybridized carbons (Fsp3) is 0.125. The van der Waals surface area contributed by atoms with Crippen molar-refractivity contribution in [3.8, 4) is 0 Å². The molecule has 0 unspecified atom stereocenters. The third kappa shape index (κ3) is 2.63. The van der Waals surface area contributed by atoms with Crippen molar-refractivity contribution in [3.05, 3.63) is 27.7 Å². The highest BCUT2D eigenvalue weighted by Gasteiger charge is 2.32. The molecule has 2 N–H and O–H groups in total. The van der Waals surface area contributed by atoms with Gasteiger partial charge in [-0.3, -0.25) is 4.79 Å². The molecule has 0 aliphatic carbocycles. The summed E-state index contributed by atoms with van der Waals surface area (Å²) in [6.45, 7) is 0. The molecule has 82 valence electrons. The summed E-state index contributed by atoms with van der Waals surface area (Å²) < 4.78 is 37.0. The fourth-order valence-corrected chi connectivity index (χ4v) is 1.63. The van der Waals surface area contributed by atoms with Gasteiger partial charge in [0.15, 0.2) is 0 Å². The Morgan fingerprint density at radius 3 is 2.33 bits per heavy atom. The number of anilines is 1. The van der Waals surface area contributed by atoms with E-state index in [1.54, 1.807) is 0 Å². The van der Waals surface area contributed by atoms with Gasteiger partial charge in [0.05, 0.1) is 15.6 Å². The van der Waals surface area contributed by atoms with E-state index in [1.165, 1.54) is 0 Å². The maximum Gasteiger partial charge on any atom is 0.416 e. The number of rotatable bonds is 1.